The van der Waals surface area contributed by atoms with Crippen molar-refractivity contribution in [3.8, 4) is 0 Å². The Morgan fingerprint density at radius 2 is 2.06 bits per heavy atom. The summed E-state index contributed by atoms with van der Waals surface area (Å²) in [5.41, 5.74) is 0. The highest BCUT2D eigenvalue weighted by Crippen LogP contribution is 2.10. The zero-order valence-corrected chi connectivity index (χ0v) is 10.9. The standard InChI is InChI=1S/C12H25N3O/c1-5-9(3)14-12(16)10(4)15(6-2)11-7-13-8-11/h9-11,13H,5-8H2,1-4H3,(H,14,16). The Morgan fingerprint density at radius 1 is 1.44 bits per heavy atom. The number of rotatable bonds is 6. The average molecular weight is 227 g/mol. The first-order chi connectivity index (χ1) is 7.60. The van der Waals surface area contributed by atoms with Crippen LogP contribution >= 0.6 is 0 Å². The molecule has 1 heterocycles. The van der Waals surface area contributed by atoms with Crippen LogP contribution < -0.4 is 10.6 Å². The molecule has 1 rings (SSSR count). The van der Waals surface area contributed by atoms with Gasteiger partial charge in [0.05, 0.1) is 6.04 Å². The molecule has 2 atom stereocenters. The van der Waals surface area contributed by atoms with Crippen LogP contribution in [0.5, 0.6) is 0 Å². The van der Waals surface area contributed by atoms with Crippen LogP contribution in [0.2, 0.25) is 0 Å². The molecule has 0 bridgehead atoms. The summed E-state index contributed by atoms with van der Waals surface area (Å²) in [6, 6.07) is 0.780. The van der Waals surface area contributed by atoms with Crippen molar-refractivity contribution in [3.05, 3.63) is 0 Å². The lowest BCUT2D eigenvalue weighted by molar-refractivity contribution is -0.127. The van der Waals surface area contributed by atoms with Gasteiger partial charge in [-0.05, 0) is 26.8 Å². The molecule has 4 heteroatoms. The number of nitrogens with one attached hydrogen (secondary N) is 2. The minimum atomic E-state index is -0.0221. The summed E-state index contributed by atoms with van der Waals surface area (Å²) >= 11 is 0. The molecule has 2 unspecified atom stereocenters. The first-order valence-electron chi connectivity index (χ1n) is 6.36. The van der Waals surface area contributed by atoms with Crippen LogP contribution in [-0.2, 0) is 4.79 Å². The van der Waals surface area contributed by atoms with Gasteiger partial charge in [-0.3, -0.25) is 9.69 Å². The molecule has 1 aliphatic rings. The van der Waals surface area contributed by atoms with Crippen molar-refractivity contribution >= 4 is 5.91 Å². The molecule has 0 aromatic heterocycles. The van der Waals surface area contributed by atoms with E-state index in [0.29, 0.717) is 6.04 Å². The Balaban J connectivity index is 2.46. The SMILES string of the molecule is CCC(C)NC(=O)C(C)N(CC)C1CNC1. The number of carbonyl (C=O) groups excluding carboxylic acids is 1. The number of hydrogen-bond acceptors (Lipinski definition) is 3. The first-order valence-corrected chi connectivity index (χ1v) is 6.36. The van der Waals surface area contributed by atoms with Crippen LogP contribution in [0, 0.1) is 0 Å². The minimum absolute atomic E-state index is 0.0221. The van der Waals surface area contributed by atoms with Gasteiger partial charge in [-0.1, -0.05) is 13.8 Å². The molecule has 0 aliphatic carbocycles. The lowest BCUT2D eigenvalue weighted by Gasteiger charge is -2.40. The van der Waals surface area contributed by atoms with Crippen molar-refractivity contribution < 1.29 is 4.79 Å². The van der Waals surface area contributed by atoms with Gasteiger partial charge in [-0.25, -0.2) is 0 Å². The lowest BCUT2D eigenvalue weighted by Crippen LogP contribution is -2.62. The van der Waals surface area contributed by atoms with Gasteiger partial charge in [0.2, 0.25) is 5.91 Å². The maximum Gasteiger partial charge on any atom is 0.237 e. The van der Waals surface area contributed by atoms with Gasteiger partial charge < -0.3 is 10.6 Å². The second-order valence-electron chi connectivity index (χ2n) is 4.64. The van der Waals surface area contributed by atoms with E-state index in [-0.39, 0.29) is 18.0 Å². The van der Waals surface area contributed by atoms with Crippen LogP contribution in [0.1, 0.15) is 34.1 Å². The Hall–Kier alpha value is -0.610. The molecule has 4 nitrogen and oxygen atoms in total. The smallest absolute Gasteiger partial charge is 0.237 e. The summed E-state index contributed by atoms with van der Waals surface area (Å²) < 4.78 is 0. The van der Waals surface area contributed by atoms with E-state index in [2.05, 4.69) is 29.4 Å². The van der Waals surface area contributed by atoms with Crippen molar-refractivity contribution in [2.45, 2.75) is 52.2 Å². The van der Waals surface area contributed by atoms with Crippen LogP contribution in [0.4, 0.5) is 0 Å². The molecule has 1 amide bonds. The van der Waals surface area contributed by atoms with E-state index >= 15 is 0 Å². The zero-order chi connectivity index (χ0) is 12.1. The Bertz CT molecular complexity index is 228. The predicted octanol–water partition coefficient (Wildman–Crippen LogP) is 0.583. The first kappa shape index (κ1) is 13.5. The van der Waals surface area contributed by atoms with Crippen LogP contribution in [0.3, 0.4) is 0 Å². The predicted molar refractivity (Wildman–Crippen MR) is 66.4 cm³/mol. The van der Waals surface area contributed by atoms with Crippen LogP contribution in [0.15, 0.2) is 0 Å². The Morgan fingerprint density at radius 3 is 2.44 bits per heavy atom. The second kappa shape index (κ2) is 6.21. The van der Waals surface area contributed by atoms with Crippen molar-refractivity contribution in [3.63, 3.8) is 0 Å². The summed E-state index contributed by atoms with van der Waals surface area (Å²) in [4.78, 5) is 14.3. The fraction of sp³-hybridized carbons (Fsp3) is 0.917. The number of nitrogens with zero attached hydrogens (tertiary/aromatic N) is 1. The molecule has 0 aromatic rings. The molecule has 0 saturated carbocycles. The molecule has 0 aromatic carbocycles. The summed E-state index contributed by atoms with van der Waals surface area (Å²) in [5.74, 6) is 0.156. The fourth-order valence-corrected chi connectivity index (χ4v) is 1.97. The molecule has 94 valence electrons. The normalized spacial score (nSPS) is 20.3. The molecule has 2 N–H and O–H groups in total. The third kappa shape index (κ3) is 3.19. The molecule has 1 aliphatic heterocycles. The monoisotopic (exact) mass is 227 g/mol. The summed E-state index contributed by atoms with van der Waals surface area (Å²) in [5, 5.41) is 6.29. The molecule has 0 radical (unpaired) electrons. The van der Waals surface area contributed by atoms with E-state index in [1.807, 2.05) is 13.8 Å². The highest BCUT2D eigenvalue weighted by Gasteiger charge is 2.30. The molecule has 16 heavy (non-hydrogen) atoms. The highest BCUT2D eigenvalue weighted by molar-refractivity contribution is 5.81. The van der Waals surface area contributed by atoms with E-state index in [4.69, 9.17) is 0 Å². The fourth-order valence-electron chi connectivity index (χ4n) is 1.97. The van der Waals surface area contributed by atoms with Crippen LogP contribution in [-0.4, -0.2) is 48.6 Å². The lowest BCUT2D eigenvalue weighted by atomic mass is 10.1. The van der Waals surface area contributed by atoms with E-state index in [1.54, 1.807) is 0 Å². The van der Waals surface area contributed by atoms with Crippen molar-refractivity contribution in [1.82, 2.24) is 15.5 Å². The third-order valence-electron chi connectivity index (χ3n) is 3.47. The molecular formula is C12H25N3O. The second-order valence-corrected chi connectivity index (χ2v) is 4.64. The molecule has 1 fully saturated rings. The topological polar surface area (TPSA) is 44.4 Å². The number of carbonyl (C=O) groups is 1. The number of amides is 1. The quantitative estimate of drug-likeness (QED) is 0.698. The van der Waals surface area contributed by atoms with Gasteiger partial charge in [0.15, 0.2) is 0 Å². The van der Waals surface area contributed by atoms with Crippen molar-refractivity contribution in [2.75, 3.05) is 19.6 Å². The largest absolute Gasteiger partial charge is 0.352 e. The Labute approximate surface area is 98.8 Å². The van der Waals surface area contributed by atoms with Gasteiger partial charge in [0.1, 0.15) is 0 Å². The van der Waals surface area contributed by atoms with Gasteiger partial charge in [-0.2, -0.15) is 0 Å². The van der Waals surface area contributed by atoms with Gasteiger partial charge in [0.25, 0.3) is 0 Å². The van der Waals surface area contributed by atoms with Gasteiger partial charge in [-0.15, -0.1) is 0 Å². The van der Waals surface area contributed by atoms with Crippen LogP contribution in [0.25, 0.3) is 0 Å². The van der Waals surface area contributed by atoms with E-state index < -0.39 is 0 Å². The summed E-state index contributed by atoms with van der Waals surface area (Å²) in [7, 11) is 0. The highest BCUT2D eigenvalue weighted by atomic mass is 16.2. The van der Waals surface area contributed by atoms with Gasteiger partial charge >= 0.3 is 0 Å². The summed E-state index contributed by atoms with van der Waals surface area (Å²) in [6.45, 7) is 11.2. The number of hydrogen-bond donors (Lipinski definition) is 2. The summed E-state index contributed by atoms with van der Waals surface area (Å²) in [6.07, 6.45) is 0.982. The third-order valence-corrected chi connectivity index (χ3v) is 3.47. The molecular weight excluding hydrogens is 202 g/mol. The van der Waals surface area contributed by atoms with E-state index in [9.17, 15) is 4.79 Å². The van der Waals surface area contributed by atoms with Crippen molar-refractivity contribution in [1.29, 1.82) is 0 Å². The maximum atomic E-state index is 12.0. The van der Waals surface area contributed by atoms with Gasteiger partial charge in [0, 0.05) is 25.2 Å². The Kier molecular flexibility index (Phi) is 5.22. The maximum absolute atomic E-state index is 12.0. The molecule has 0 spiro atoms. The zero-order valence-electron chi connectivity index (χ0n) is 10.9. The van der Waals surface area contributed by atoms with E-state index in [0.717, 1.165) is 26.1 Å². The number of likely N-dealkylation sites (N-methyl/N-ethyl adjacent to an activating group) is 1. The van der Waals surface area contributed by atoms with E-state index in [1.165, 1.54) is 0 Å². The van der Waals surface area contributed by atoms with Crippen molar-refractivity contribution in [2.24, 2.45) is 0 Å². The average Bonchev–Trinajstić information content (AvgIpc) is 2.21. The molecule has 1 saturated heterocycles. The minimum Gasteiger partial charge on any atom is -0.352 e.